The molecule has 0 radical (unpaired) electrons. The molecule has 4 rings (SSSR count). The Kier molecular flexibility index (Phi) is 3.71. The summed E-state index contributed by atoms with van der Waals surface area (Å²) in [5, 5.41) is 3.98. The number of nitrogens with zero attached hydrogens (tertiary/aromatic N) is 2. The number of benzene rings is 1. The Morgan fingerprint density at radius 3 is 2.76 bits per heavy atom. The second-order valence-corrected chi connectivity index (χ2v) is 6.66. The molecule has 1 N–H and O–H groups in total. The first-order chi connectivity index (χ1) is 12.1. The molecule has 0 aliphatic heterocycles. The Bertz CT molecular complexity index is 970. The normalized spacial score (nSPS) is 13.9. The molecular formula is C20H21N3O2. The number of pyridine rings is 1. The van der Waals surface area contributed by atoms with Gasteiger partial charge in [-0.1, -0.05) is 0 Å². The third-order valence-electron chi connectivity index (χ3n) is 4.84. The largest absolute Gasteiger partial charge is 0.497 e. The van der Waals surface area contributed by atoms with Crippen LogP contribution in [0.1, 0.15) is 18.4 Å². The molecule has 0 atom stereocenters. The Morgan fingerprint density at radius 1 is 1.28 bits per heavy atom. The molecule has 1 aliphatic rings. The number of aryl methyl sites for hydroxylation is 2. The molecule has 2 heterocycles. The lowest BCUT2D eigenvalue weighted by atomic mass is 10.1. The minimum absolute atomic E-state index is 0.0778. The molecular weight excluding hydrogens is 314 g/mol. The Labute approximate surface area is 146 Å². The molecule has 25 heavy (non-hydrogen) atoms. The van der Waals surface area contributed by atoms with Crippen LogP contribution in [0.2, 0.25) is 0 Å². The molecule has 0 bridgehead atoms. The molecule has 1 aromatic carbocycles. The van der Waals surface area contributed by atoms with Gasteiger partial charge in [-0.25, -0.2) is 4.98 Å². The van der Waals surface area contributed by atoms with Gasteiger partial charge in [-0.2, -0.15) is 0 Å². The minimum Gasteiger partial charge on any atom is -0.497 e. The summed E-state index contributed by atoms with van der Waals surface area (Å²) in [4.78, 5) is 16.3. The van der Waals surface area contributed by atoms with E-state index >= 15 is 0 Å². The summed E-state index contributed by atoms with van der Waals surface area (Å²) in [5.74, 6) is 1.72. The molecule has 1 amide bonds. The lowest BCUT2D eigenvalue weighted by Gasteiger charge is -2.09. The lowest BCUT2D eigenvalue weighted by molar-refractivity contribution is -0.117. The number of fused-ring (bicyclic) bond motifs is 1. The fourth-order valence-electron chi connectivity index (χ4n) is 3.18. The van der Waals surface area contributed by atoms with E-state index in [1.165, 1.54) is 0 Å². The molecule has 128 valence electrons. The van der Waals surface area contributed by atoms with Crippen LogP contribution in [0.4, 0.5) is 5.82 Å². The Morgan fingerprint density at radius 2 is 2.08 bits per heavy atom. The Balaban J connectivity index is 1.72. The van der Waals surface area contributed by atoms with Gasteiger partial charge in [0, 0.05) is 29.6 Å². The van der Waals surface area contributed by atoms with Crippen molar-refractivity contribution in [3.63, 3.8) is 0 Å². The van der Waals surface area contributed by atoms with E-state index in [1.807, 2.05) is 31.4 Å². The zero-order valence-electron chi connectivity index (χ0n) is 14.7. The fourth-order valence-corrected chi connectivity index (χ4v) is 3.18. The standard InChI is InChI=1S/C20H21N3O2/c1-12-8-15(25-3)6-7-16(12)17-9-14-10-19(21-11-18(14)23(17)2)22-20(24)13-4-5-13/h6-11,13H,4-5H2,1-3H3,(H,21,22,24). The number of ether oxygens (including phenoxy) is 1. The van der Waals surface area contributed by atoms with E-state index in [-0.39, 0.29) is 11.8 Å². The molecule has 0 spiro atoms. The monoisotopic (exact) mass is 335 g/mol. The van der Waals surface area contributed by atoms with Crippen molar-refractivity contribution in [1.29, 1.82) is 0 Å². The predicted octanol–water partition coefficient (Wildman–Crippen LogP) is 3.91. The van der Waals surface area contributed by atoms with Crippen molar-refractivity contribution < 1.29 is 9.53 Å². The molecule has 1 aliphatic carbocycles. The molecule has 3 aromatic rings. The number of hydrogen-bond donors (Lipinski definition) is 1. The van der Waals surface area contributed by atoms with Gasteiger partial charge in [-0.05, 0) is 55.7 Å². The molecule has 1 fully saturated rings. The maximum atomic E-state index is 11.9. The number of anilines is 1. The molecule has 5 heteroatoms. The van der Waals surface area contributed by atoms with Gasteiger partial charge in [-0.15, -0.1) is 0 Å². The van der Waals surface area contributed by atoms with Gasteiger partial charge in [0.15, 0.2) is 0 Å². The van der Waals surface area contributed by atoms with Gasteiger partial charge in [-0.3, -0.25) is 4.79 Å². The first-order valence-corrected chi connectivity index (χ1v) is 8.48. The highest BCUT2D eigenvalue weighted by atomic mass is 16.5. The molecule has 0 saturated heterocycles. The summed E-state index contributed by atoms with van der Waals surface area (Å²) in [6.45, 7) is 2.08. The van der Waals surface area contributed by atoms with Crippen molar-refractivity contribution in [2.45, 2.75) is 19.8 Å². The Hall–Kier alpha value is -2.82. The van der Waals surface area contributed by atoms with Crippen molar-refractivity contribution in [3.8, 4) is 17.0 Å². The summed E-state index contributed by atoms with van der Waals surface area (Å²) in [6.07, 6.45) is 3.79. The predicted molar refractivity (Wildman–Crippen MR) is 98.8 cm³/mol. The number of carbonyl (C=O) groups is 1. The molecule has 2 aromatic heterocycles. The van der Waals surface area contributed by atoms with Crippen molar-refractivity contribution in [3.05, 3.63) is 42.1 Å². The van der Waals surface area contributed by atoms with Gasteiger partial charge in [0.1, 0.15) is 11.6 Å². The van der Waals surface area contributed by atoms with Crippen LogP contribution in [-0.4, -0.2) is 22.6 Å². The summed E-state index contributed by atoms with van der Waals surface area (Å²) in [6, 6.07) is 10.2. The number of rotatable bonds is 4. The van der Waals surface area contributed by atoms with E-state index in [0.29, 0.717) is 5.82 Å². The average Bonchev–Trinajstić information content (AvgIpc) is 3.40. The molecule has 0 unspecified atom stereocenters. The SMILES string of the molecule is COc1ccc(-c2cc3cc(NC(=O)C4CC4)ncc3n2C)c(C)c1. The quantitative estimate of drug-likeness (QED) is 0.786. The van der Waals surface area contributed by atoms with Crippen LogP contribution >= 0.6 is 0 Å². The third-order valence-corrected chi connectivity index (χ3v) is 4.84. The number of aromatic nitrogens is 2. The molecule has 1 saturated carbocycles. The van der Waals surface area contributed by atoms with Crippen LogP contribution in [0.5, 0.6) is 5.75 Å². The summed E-state index contributed by atoms with van der Waals surface area (Å²) in [5.41, 5.74) is 4.46. The maximum absolute atomic E-state index is 11.9. The highest BCUT2D eigenvalue weighted by molar-refractivity contribution is 5.96. The zero-order valence-corrected chi connectivity index (χ0v) is 14.7. The van der Waals surface area contributed by atoms with Crippen LogP contribution in [0.15, 0.2) is 36.5 Å². The van der Waals surface area contributed by atoms with E-state index in [0.717, 1.165) is 46.3 Å². The number of hydrogen-bond acceptors (Lipinski definition) is 3. The highest BCUT2D eigenvalue weighted by Gasteiger charge is 2.29. The van der Waals surface area contributed by atoms with Gasteiger partial charge in [0.05, 0.1) is 18.8 Å². The topological polar surface area (TPSA) is 56.1 Å². The second kappa shape index (κ2) is 5.92. The minimum atomic E-state index is 0.0778. The van der Waals surface area contributed by atoms with Crippen LogP contribution in [0.25, 0.3) is 22.2 Å². The summed E-state index contributed by atoms with van der Waals surface area (Å²) < 4.78 is 7.42. The second-order valence-electron chi connectivity index (χ2n) is 6.66. The summed E-state index contributed by atoms with van der Waals surface area (Å²) in [7, 11) is 3.71. The van der Waals surface area contributed by atoms with Gasteiger partial charge < -0.3 is 14.6 Å². The van der Waals surface area contributed by atoms with E-state index in [9.17, 15) is 4.79 Å². The van der Waals surface area contributed by atoms with Crippen LogP contribution < -0.4 is 10.1 Å². The first-order valence-electron chi connectivity index (χ1n) is 8.48. The van der Waals surface area contributed by atoms with Crippen molar-refractivity contribution >= 4 is 22.6 Å². The van der Waals surface area contributed by atoms with E-state index in [4.69, 9.17) is 4.74 Å². The number of amides is 1. The van der Waals surface area contributed by atoms with Crippen molar-refractivity contribution in [1.82, 2.24) is 9.55 Å². The van der Waals surface area contributed by atoms with Crippen LogP contribution in [0, 0.1) is 12.8 Å². The number of methoxy groups -OCH3 is 1. The van der Waals surface area contributed by atoms with Gasteiger partial charge >= 0.3 is 0 Å². The smallest absolute Gasteiger partial charge is 0.228 e. The number of nitrogens with one attached hydrogen (secondary N) is 1. The van der Waals surface area contributed by atoms with Crippen LogP contribution in [-0.2, 0) is 11.8 Å². The molecule has 5 nitrogen and oxygen atoms in total. The maximum Gasteiger partial charge on any atom is 0.228 e. The first kappa shape index (κ1) is 15.7. The third kappa shape index (κ3) is 2.86. The average molecular weight is 335 g/mol. The van der Waals surface area contributed by atoms with E-state index in [2.05, 4.69) is 33.9 Å². The van der Waals surface area contributed by atoms with Crippen molar-refractivity contribution in [2.24, 2.45) is 13.0 Å². The summed E-state index contributed by atoms with van der Waals surface area (Å²) >= 11 is 0. The van der Waals surface area contributed by atoms with E-state index in [1.54, 1.807) is 7.11 Å². The highest BCUT2D eigenvalue weighted by Crippen LogP contribution is 2.33. The van der Waals surface area contributed by atoms with Gasteiger partial charge in [0.2, 0.25) is 5.91 Å². The van der Waals surface area contributed by atoms with Crippen molar-refractivity contribution in [2.75, 3.05) is 12.4 Å². The van der Waals surface area contributed by atoms with Crippen LogP contribution in [0.3, 0.4) is 0 Å². The number of carbonyl (C=O) groups excluding carboxylic acids is 1. The lowest BCUT2D eigenvalue weighted by Crippen LogP contribution is -2.14. The van der Waals surface area contributed by atoms with E-state index < -0.39 is 0 Å². The zero-order chi connectivity index (χ0) is 17.6. The van der Waals surface area contributed by atoms with Gasteiger partial charge in [0.25, 0.3) is 0 Å². The fraction of sp³-hybridized carbons (Fsp3) is 0.300.